The zero-order valence-electron chi connectivity index (χ0n) is 15.8. The molecule has 1 fully saturated rings. The van der Waals surface area contributed by atoms with E-state index in [1.165, 1.54) is 0 Å². The fourth-order valence-corrected chi connectivity index (χ4v) is 3.84. The molecular weight excluding hydrogens is 340 g/mol. The summed E-state index contributed by atoms with van der Waals surface area (Å²) >= 11 is 0. The van der Waals surface area contributed by atoms with Crippen LogP contribution in [0.1, 0.15) is 42.0 Å². The van der Waals surface area contributed by atoms with Crippen LogP contribution in [0.4, 0.5) is 0 Å². The Balaban J connectivity index is 1.60. The maximum absolute atomic E-state index is 12.9. The molecule has 1 aliphatic heterocycles. The Kier molecular flexibility index (Phi) is 4.79. The van der Waals surface area contributed by atoms with Gasteiger partial charge in [-0.15, -0.1) is 0 Å². The van der Waals surface area contributed by atoms with E-state index in [2.05, 4.69) is 16.5 Å². The molecule has 0 spiro atoms. The smallest absolute Gasteiger partial charge is 0.254 e. The molecule has 6 heteroatoms. The third kappa shape index (κ3) is 3.27. The van der Waals surface area contributed by atoms with Crippen LogP contribution in [0.15, 0.2) is 42.6 Å². The molecule has 0 bridgehead atoms. The van der Waals surface area contributed by atoms with Crippen LogP contribution >= 0.6 is 0 Å². The van der Waals surface area contributed by atoms with Gasteiger partial charge in [-0.1, -0.05) is 13.0 Å². The molecule has 2 aromatic heterocycles. The van der Waals surface area contributed by atoms with Crippen molar-refractivity contribution in [1.29, 1.82) is 0 Å². The molecule has 6 nitrogen and oxygen atoms in total. The molecule has 3 aromatic rings. The highest BCUT2D eigenvalue weighted by Crippen LogP contribution is 2.29. The van der Waals surface area contributed by atoms with Gasteiger partial charge in [0.25, 0.3) is 5.91 Å². The van der Waals surface area contributed by atoms with E-state index < -0.39 is 0 Å². The molecule has 1 aliphatic rings. The number of hydrogen-bond donors (Lipinski definition) is 0. The molecule has 0 radical (unpaired) electrons. The molecule has 1 saturated heterocycles. The fraction of sp³-hybridized carbons (Fsp3) is 0.381. The number of pyridine rings is 1. The van der Waals surface area contributed by atoms with E-state index in [-0.39, 0.29) is 11.9 Å². The number of fused-ring (bicyclic) bond motifs is 1. The number of likely N-dealkylation sites (tertiary alicyclic amines) is 1. The highest BCUT2D eigenvalue weighted by atomic mass is 16.5. The van der Waals surface area contributed by atoms with Gasteiger partial charge in [0.1, 0.15) is 17.1 Å². The SMILES string of the molecule is CCCc1nc2cccnc2n1[C@@H]1CCN(C(=O)c2cccc(OC)c2)C1. The largest absolute Gasteiger partial charge is 0.497 e. The maximum Gasteiger partial charge on any atom is 0.254 e. The number of benzene rings is 1. The Bertz CT molecular complexity index is 966. The van der Waals surface area contributed by atoms with E-state index in [4.69, 9.17) is 9.72 Å². The van der Waals surface area contributed by atoms with Gasteiger partial charge in [0.2, 0.25) is 0 Å². The first-order valence-corrected chi connectivity index (χ1v) is 9.46. The lowest BCUT2D eigenvalue weighted by molar-refractivity contribution is 0.0787. The minimum atomic E-state index is 0.0471. The van der Waals surface area contributed by atoms with Crippen molar-refractivity contribution in [2.45, 2.75) is 32.2 Å². The topological polar surface area (TPSA) is 60.2 Å². The van der Waals surface area contributed by atoms with E-state index in [0.29, 0.717) is 17.9 Å². The highest BCUT2D eigenvalue weighted by molar-refractivity contribution is 5.94. The molecular formula is C21H24N4O2. The summed E-state index contributed by atoms with van der Waals surface area (Å²) in [5.41, 5.74) is 2.51. The number of ether oxygens (including phenoxy) is 1. The van der Waals surface area contributed by atoms with Crippen LogP contribution in [0.2, 0.25) is 0 Å². The van der Waals surface area contributed by atoms with Crippen LogP contribution in [0.5, 0.6) is 5.75 Å². The molecule has 1 amide bonds. The third-order valence-corrected chi connectivity index (χ3v) is 5.13. The standard InChI is InChI=1S/C21H24N4O2/c1-3-6-19-23-18-9-5-11-22-20(18)25(19)16-10-12-24(14-16)21(26)15-7-4-8-17(13-15)27-2/h4-5,7-9,11,13,16H,3,6,10,12,14H2,1-2H3/t16-/m1/s1. The Hall–Kier alpha value is -2.89. The van der Waals surface area contributed by atoms with Gasteiger partial charge in [-0.05, 0) is 43.2 Å². The van der Waals surface area contributed by atoms with Gasteiger partial charge in [0, 0.05) is 31.3 Å². The second-order valence-corrected chi connectivity index (χ2v) is 6.92. The fourth-order valence-electron chi connectivity index (χ4n) is 3.84. The summed E-state index contributed by atoms with van der Waals surface area (Å²) in [5.74, 6) is 1.81. The number of hydrogen-bond acceptors (Lipinski definition) is 4. The lowest BCUT2D eigenvalue weighted by Gasteiger charge is -2.19. The van der Waals surface area contributed by atoms with E-state index in [9.17, 15) is 4.79 Å². The molecule has 0 N–H and O–H groups in total. The molecule has 0 unspecified atom stereocenters. The normalized spacial score (nSPS) is 16.8. The van der Waals surface area contributed by atoms with Gasteiger partial charge in [0.05, 0.1) is 13.2 Å². The van der Waals surface area contributed by atoms with Crippen molar-refractivity contribution in [3.8, 4) is 5.75 Å². The summed E-state index contributed by atoms with van der Waals surface area (Å²) in [7, 11) is 1.61. The number of aromatic nitrogens is 3. The van der Waals surface area contributed by atoms with E-state index in [0.717, 1.165) is 42.8 Å². The van der Waals surface area contributed by atoms with Crippen molar-refractivity contribution in [1.82, 2.24) is 19.4 Å². The van der Waals surface area contributed by atoms with Gasteiger partial charge >= 0.3 is 0 Å². The molecule has 0 aliphatic carbocycles. The molecule has 1 aromatic carbocycles. The molecule has 4 rings (SSSR count). The summed E-state index contributed by atoms with van der Waals surface area (Å²) in [6.45, 7) is 3.57. The van der Waals surface area contributed by atoms with Crippen molar-refractivity contribution in [3.05, 3.63) is 54.0 Å². The van der Waals surface area contributed by atoms with E-state index in [1.54, 1.807) is 13.2 Å². The van der Waals surface area contributed by atoms with Crippen LogP contribution in [-0.2, 0) is 6.42 Å². The minimum absolute atomic E-state index is 0.0471. The second kappa shape index (κ2) is 7.39. The van der Waals surface area contributed by atoms with Crippen LogP contribution in [-0.4, -0.2) is 45.5 Å². The van der Waals surface area contributed by atoms with Crippen molar-refractivity contribution in [2.75, 3.05) is 20.2 Å². The Morgan fingerprint density at radius 1 is 1.30 bits per heavy atom. The van der Waals surface area contributed by atoms with Crippen LogP contribution < -0.4 is 4.74 Å². The van der Waals surface area contributed by atoms with E-state index in [1.807, 2.05) is 41.4 Å². The first-order valence-electron chi connectivity index (χ1n) is 9.46. The average Bonchev–Trinajstić information content (AvgIpc) is 3.32. The van der Waals surface area contributed by atoms with Crippen molar-refractivity contribution >= 4 is 17.1 Å². The molecule has 0 saturated carbocycles. The third-order valence-electron chi connectivity index (χ3n) is 5.13. The average molecular weight is 364 g/mol. The van der Waals surface area contributed by atoms with Gasteiger partial charge < -0.3 is 14.2 Å². The minimum Gasteiger partial charge on any atom is -0.497 e. The number of carbonyl (C=O) groups excluding carboxylic acids is 1. The van der Waals surface area contributed by atoms with E-state index >= 15 is 0 Å². The molecule has 27 heavy (non-hydrogen) atoms. The maximum atomic E-state index is 12.9. The zero-order valence-corrected chi connectivity index (χ0v) is 15.8. The Labute approximate surface area is 158 Å². The van der Waals surface area contributed by atoms with Crippen LogP contribution in [0.3, 0.4) is 0 Å². The monoisotopic (exact) mass is 364 g/mol. The summed E-state index contributed by atoms with van der Waals surface area (Å²) in [4.78, 5) is 24.2. The molecule has 3 heterocycles. The highest BCUT2D eigenvalue weighted by Gasteiger charge is 2.30. The number of amides is 1. The first kappa shape index (κ1) is 17.5. The quantitative estimate of drug-likeness (QED) is 0.695. The Morgan fingerprint density at radius 2 is 2.19 bits per heavy atom. The number of rotatable bonds is 5. The summed E-state index contributed by atoms with van der Waals surface area (Å²) in [6.07, 6.45) is 4.66. The summed E-state index contributed by atoms with van der Waals surface area (Å²) in [5, 5.41) is 0. The lowest BCUT2D eigenvalue weighted by Crippen LogP contribution is -2.29. The summed E-state index contributed by atoms with van der Waals surface area (Å²) < 4.78 is 7.49. The van der Waals surface area contributed by atoms with Crippen molar-refractivity contribution in [2.24, 2.45) is 0 Å². The number of aryl methyl sites for hydroxylation is 1. The second-order valence-electron chi connectivity index (χ2n) is 6.92. The number of imidazole rings is 1. The number of carbonyl (C=O) groups is 1. The number of methoxy groups -OCH3 is 1. The van der Waals surface area contributed by atoms with Crippen molar-refractivity contribution < 1.29 is 9.53 Å². The van der Waals surface area contributed by atoms with Gasteiger partial charge in [0.15, 0.2) is 5.65 Å². The van der Waals surface area contributed by atoms with Crippen LogP contribution in [0, 0.1) is 0 Å². The van der Waals surface area contributed by atoms with Gasteiger partial charge in [-0.2, -0.15) is 0 Å². The predicted molar refractivity (Wildman–Crippen MR) is 104 cm³/mol. The van der Waals surface area contributed by atoms with Gasteiger partial charge in [-0.25, -0.2) is 9.97 Å². The molecule has 1 atom stereocenters. The summed E-state index contributed by atoms with van der Waals surface area (Å²) in [6, 6.07) is 11.5. The van der Waals surface area contributed by atoms with Crippen molar-refractivity contribution in [3.63, 3.8) is 0 Å². The number of nitrogens with zero attached hydrogens (tertiary/aromatic N) is 4. The lowest BCUT2D eigenvalue weighted by atomic mass is 10.2. The molecule has 140 valence electrons. The Morgan fingerprint density at radius 3 is 3.00 bits per heavy atom. The zero-order chi connectivity index (χ0) is 18.8. The first-order chi connectivity index (χ1) is 13.2. The predicted octanol–water partition coefficient (Wildman–Crippen LogP) is 3.48. The van der Waals surface area contributed by atoms with Crippen LogP contribution in [0.25, 0.3) is 11.2 Å². The van der Waals surface area contributed by atoms with Gasteiger partial charge in [-0.3, -0.25) is 4.79 Å².